The van der Waals surface area contributed by atoms with Gasteiger partial charge in [-0.25, -0.2) is 14.5 Å². The highest BCUT2D eigenvalue weighted by Crippen LogP contribution is 2.32. The second kappa shape index (κ2) is 5.45. The molecule has 0 saturated carbocycles. The maximum absolute atomic E-state index is 11.5. The van der Waals surface area contributed by atoms with Gasteiger partial charge in [-0.2, -0.15) is 5.10 Å². The Morgan fingerprint density at radius 3 is 2.84 bits per heavy atom. The maximum atomic E-state index is 11.5. The zero-order valence-electron chi connectivity index (χ0n) is 13.3. The summed E-state index contributed by atoms with van der Waals surface area (Å²) in [5, 5.41) is 4.21. The molecule has 124 valence electrons. The van der Waals surface area contributed by atoms with E-state index in [1.807, 2.05) is 13.0 Å². The molecular weight excluding hydrogens is 320 g/mol. The molecule has 1 amide bonds. The van der Waals surface area contributed by atoms with Crippen molar-refractivity contribution < 1.29 is 9.21 Å². The second-order valence-electron chi connectivity index (χ2n) is 5.57. The average Bonchev–Trinajstić information content (AvgIpc) is 3.20. The zero-order chi connectivity index (χ0) is 17.6. The smallest absolute Gasteiger partial charge is 0.250 e. The monoisotopic (exact) mass is 334 g/mol. The summed E-state index contributed by atoms with van der Waals surface area (Å²) < 4.78 is 7.22. The molecule has 8 heteroatoms. The molecule has 1 aromatic carbocycles. The number of amides is 1. The van der Waals surface area contributed by atoms with Crippen LogP contribution in [0.4, 0.5) is 5.69 Å². The SMILES string of the molecule is Cc1cnc(-c2cc3c(-c4cccc(C(N)=O)c4N)ncnn3c2)o1. The Hall–Kier alpha value is -3.68. The van der Waals surface area contributed by atoms with Crippen LogP contribution in [0.1, 0.15) is 16.1 Å². The first-order valence-corrected chi connectivity index (χ1v) is 7.49. The lowest BCUT2D eigenvalue weighted by molar-refractivity contribution is 0.100. The maximum Gasteiger partial charge on any atom is 0.250 e. The van der Waals surface area contributed by atoms with Crippen molar-refractivity contribution in [2.45, 2.75) is 6.92 Å². The summed E-state index contributed by atoms with van der Waals surface area (Å²) >= 11 is 0. The van der Waals surface area contributed by atoms with Crippen LogP contribution < -0.4 is 11.5 Å². The number of anilines is 1. The molecule has 3 aromatic heterocycles. The van der Waals surface area contributed by atoms with Crippen LogP contribution in [0.15, 0.2) is 47.4 Å². The normalized spacial score (nSPS) is 11.1. The molecule has 0 atom stereocenters. The van der Waals surface area contributed by atoms with Gasteiger partial charge in [0, 0.05) is 11.8 Å². The second-order valence-corrected chi connectivity index (χ2v) is 5.57. The van der Waals surface area contributed by atoms with E-state index in [4.69, 9.17) is 15.9 Å². The standard InChI is InChI=1S/C17H14N6O2/c1-9-6-20-17(25-9)10-5-13-15(21-8-22-23(13)7-10)11-3-2-4-12(14(11)18)16(19)24/h2-8H,18H2,1H3,(H2,19,24). The van der Waals surface area contributed by atoms with Crippen LogP contribution in [0.3, 0.4) is 0 Å². The molecule has 25 heavy (non-hydrogen) atoms. The quantitative estimate of drug-likeness (QED) is 0.552. The van der Waals surface area contributed by atoms with Crippen molar-refractivity contribution in [3.05, 3.63) is 54.3 Å². The van der Waals surface area contributed by atoms with Crippen molar-refractivity contribution in [1.29, 1.82) is 0 Å². The first-order valence-electron chi connectivity index (χ1n) is 7.49. The van der Waals surface area contributed by atoms with E-state index in [1.54, 1.807) is 35.1 Å². The van der Waals surface area contributed by atoms with Crippen LogP contribution in [0.2, 0.25) is 0 Å². The van der Waals surface area contributed by atoms with Crippen molar-refractivity contribution in [3.8, 4) is 22.7 Å². The topological polar surface area (TPSA) is 125 Å². The summed E-state index contributed by atoms with van der Waals surface area (Å²) in [6, 6.07) is 6.94. The molecule has 0 aliphatic carbocycles. The summed E-state index contributed by atoms with van der Waals surface area (Å²) in [4.78, 5) is 20.1. The third-order valence-electron chi connectivity index (χ3n) is 3.90. The predicted octanol–water partition coefficient (Wildman–Crippen LogP) is 2.04. The highest BCUT2D eigenvalue weighted by molar-refractivity contribution is 6.02. The van der Waals surface area contributed by atoms with E-state index in [9.17, 15) is 4.79 Å². The van der Waals surface area contributed by atoms with E-state index >= 15 is 0 Å². The van der Waals surface area contributed by atoms with Crippen LogP contribution >= 0.6 is 0 Å². The van der Waals surface area contributed by atoms with E-state index < -0.39 is 5.91 Å². The van der Waals surface area contributed by atoms with Gasteiger partial charge in [-0.15, -0.1) is 0 Å². The lowest BCUT2D eigenvalue weighted by Gasteiger charge is -2.09. The van der Waals surface area contributed by atoms with Crippen LogP contribution in [0, 0.1) is 6.92 Å². The number of para-hydroxylation sites is 1. The number of hydrogen-bond donors (Lipinski definition) is 2. The lowest BCUT2D eigenvalue weighted by Crippen LogP contribution is -2.14. The Bertz CT molecular complexity index is 1110. The number of nitrogens with two attached hydrogens (primary N) is 2. The molecule has 0 saturated heterocycles. The minimum Gasteiger partial charge on any atom is -0.441 e. The summed E-state index contributed by atoms with van der Waals surface area (Å²) in [5.41, 5.74) is 14.7. The predicted molar refractivity (Wildman–Crippen MR) is 91.6 cm³/mol. The fraction of sp³-hybridized carbons (Fsp3) is 0.0588. The summed E-state index contributed by atoms with van der Waals surface area (Å²) in [7, 11) is 0. The molecule has 4 aromatic rings. The molecule has 0 radical (unpaired) electrons. The highest BCUT2D eigenvalue weighted by atomic mass is 16.4. The Kier molecular flexibility index (Phi) is 3.24. The van der Waals surface area contributed by atoms with Crippen LogP contribution in [0.5, 0.6) is 0 Å². The minimum absolute atomic E-state index is 0.254. The molecule has 0 unspecified atom stereocenters. The molecule has 0 spiro atoms. The zero-order valence-corrected chi connectivity index (χ0v) is 13.3. The van der Waals surface area contributed by atoms with Crippen molar-refractivity contribution in [2.24, 2.45) is 5.73 Å². The number of carbonyl (C=O) groups is 1. The molecule has 0 bridgehead atoms. The number of fused-ring (bicyclic) bond motifs is 1. The number of aromatic nitrogens is 4. The van der Waals surface area contributed by atoms with Crippen molar-refractivity contribution >= 4 is 17.1 Å². The molecule has 0 aliphatic heterocycles. The number of benzene rings is 1. The number of hydrogen-bond acceptors (Lipinski definition) is 6. The fourth-order valence-electron chi connectivity index (χ4n) is 2.73. The largest absolute Gasteiger partial charge is 0.441 e. The van der Waals surface area contributed by atoms with Gasteiger partial charge in [-0.1, -0.05) is 12.1 Å². The Morgan fingerprint density at radius 1 is 1.28 bits per heavy atom. The molecule has 0 aliphatic rings. The van der Waals surface area contributed by atoms with E-state index in [1.165, 1.54) is 6.33 Å². The third-order valence-corrected chi connectivity index (χ3v) is 3.90. The number of primary amides is 1. The Labute approximate surface area is 142 Å². The van der Waals surface area contributed by atoms with Crippen molar-refractivity contribution in [1.82, 2.24) is 19.6 Å². The molecule has 4 rings (SSSR count). The average molecular weight is 334 g/mol. The van der Waals surface area contributed by atoms with Gasteiger partial charge in [0.05, 0.1) is 34.2 Å². The molecular formula is C17H14N6O2. The number of carbonyl (C=O) groups excluding carboxylic acids is 1. The van der Waals surface area contributed by atoms with Crippen molar-refractivity contribution in [3.63, 3.8) is 0 Å². The van der Waals surface area contributed by atoms with Gasteiger partial charge < -0.3 is 15.9 Å². The van der Waals surface area contributed by atoms with Crippen LogP contribution in [0.25, 0.3) is 28.2 Å². The van der Waals surface area contributed by atoms with E-state index in [0.29, 0.717) is 22.7 Å². The molecule has 4 N–H and O–H groups in total. The van der Waals surface area contributed by atoms with Crippen molar-refractivity contribution in [2.75, 3.05) is 5.73 Å². The van der Waals surface area contributed by atoms with Gasteiger partial charge in [-0.3, -0.25) is 4.79 Å². The molecule has 3 heterocycles. The fourth-order valence-corrected chi connectivity index (χ4v) is 2.73. The minimum atomic E-state index is -0.587. The van der Waals surface area contributed by atoms with E-state index in [0.717, 1.165) is 11.3 Å². The summed E-state index contributed by atoms with van der Waals surface area (Å²) in [6.45, 7) is 1.83. The number of nitrogen functional groups attached to an aromatic ring is 1. The summed E-state index contributed by atoms with van der Waals surface area (Å²) in [6.07, 6.45) is 4.86. The number of aryl methyl sites for hydroxylation is 1. The van der Waals surface area contributed by atoms with Crippen LogP contribution in [-0.4, -0.2) is 25.5 Å². The Balaban J connectivity index is 1.93. The van der Waals surface area contributed by atoms with Gasteiger partial charge in [0.1, 0.15) is 12.1 Å². The number of rotatable bonds is 3. The van der Waals surface area contributed by atoms with Gasteiger partial charge in [0.25, 0.3) is 5.91 Å². The van der Waals surface area contributed by atoms with Gasteiger partial charge >= 0.3 is 0 Å². The van der Waals surface area contributed by atoms with E-state index in [-0.39, 0.29) is 11.3 Å². The Morgan fingerprint density at radius 2 is 2.12 bits per heavy atom. The first-order chi connectivity index (χ1) is 12.0. The number of nitrogens with zero attached hydrogens (tertiary/aromatic N) is 4. The third kappa shape index (κ3) is 2.40. The number of oxazole rings is 1. The van der Waals surface area contributed by atoms with Gasteiger partial charge in [0.2, 0.25) is 5.89 Å². The molecule has 8 nitrogen and oxygen atoms in total. The lowest BCUT2D eigenvalue weighted by atomic mass is 10.0. The highest BCUT2D eigenvalue weighted by Gasteiger charge is 2.17. The first kappa shape index (κ1) is 14.9. The van der Waals surface area contributed by atoms with Gasteiger partial charge in [0.15, 0.2) is 0 Å². The molecule has 0 fully saturated rings. The van der Waals surface area contributed by atoms with E-state index in [2.05, 4.69) is 15.1 Å². The summed E-state index contributed by atoms with van der Waals surface area (Å²) in [5.74, 6) is 0.624. The van der Waals surface area contributed by atoms with Gasteiger partial charge in [-0.05, 0) is 19.1 Å². The van der Waals surface area contributed by atoms with Crippen LogP contribution in [-0.2, 0) is 0 Å².